The molecule has 0 bridgehead atoms. The first-order valence-corrected chi connectivity index (χ1v) is 31.5. The van der Waals surface area contributed by atoms with Crippen LogP contribution in [0, 0.1) is 0 Å². The third-order valence-corrected chi connectivity index (χ3v) is 17.9. The summed E-state index contributed by atoms with van der Waals surface area (Å²) in [7, 11) is 0. The van der Waals surface area contributed by atoms with Crippen LogP contribution in [0.4, 0.5) is 0 Å². The van der Waals surface area contributed by atoms with Crippen LogP contribution in [0.3, 0.4) is 0 Å². The van der Waals surface area contributed by atoms with E-state index in [9.17, 15) is 0 Å². The maximum Gasteiger partial charge on any atom is 0.164 e. The highest BCUT2D eigenvalue weighted by molar-refractivity contribution is 6.13. The van der Waals surface area contributed by atoms with Crippen molar-refractivity contribution in [2.24, 2.45) is 4.99 Å². The van der Waals surface area contributed by atoms with Crippen LogP contribution in [0.15, 0.2) is 339 Å². The van der Waals surface area contributed by atoms with E-state index < -0.39 is 0 Å². The number of hydrogen-bond acceptors (Lipinski definition) is 4. The highest BCUT2D eigenvalue weighted by Crippen LogP contribution is 2.45. The number of fused-ring (bicyclic) bond motifs is 6. The van der Waals surface area contributed by atoms with Crippen LogP contribution in [0.2, 0.25) is 0 Å². The lowest BCUT2D eigenvalue weighted by molar-refractivity contribution is 1.07. The van der Waals surface area contributed by atoms with E-state index in [1.165, 1.54) is 66.1 Å². The van der Waals surface area contributed by atoms with E-state index in [0.717, 1.165) is 83.5 Å². The quantitative estimate of drug-likeness (QED) is 0.0805. The number of allylic oxidation sites excluding steroid dienone is 3. The third kappa shape index (κ3) is 10.5. The van der Waals surface area contributed by atoms with Gasteiger partial charge in [0.2, 0.25) is 0 Å². The second kappa shape index (κ2) is 24.2. The van der Waals surface area contributed by atoms with Gasteiger partial charge in [-0.15, -0.1) is 0 Å². The van der Waals surface area contributed by atoms with Crippen LogP contribution in [-0.2, 0) is 0 Å². The Morgan fingerprint density at radius 1 is 0.301 bits per heavy atom. The molecule has 0 aliphatic heterocycles. The van der Waals surface area contributed by atoms with E-state index in [0.29, 0.717) is 17.5 Å². The lowest BCUT2D eigenvalue weighted by atomic mass is 9.85. The van der Waals surface area contributed by atoms with Crippen molar-refractivity contribution in [3.05, 3.63) is 339 Å². The van der Waals surface area contributed by atoms with Crippen molar-refractivity contribution >= 4 is 55.9 Å². The lowest BCUT2D eigenvalue weighted by Crippen LogP contribution is -2.02. The van der Waals surface area contributed by atoms with Crippen molar-refractivity contribution in [1.29, 1.82) is 0 Å². The van der Waals surface area contributed by atoms with Crippen molar-refractivity contribution in [3.63, 3.8) is 0 Å². The van der Waals surface area contributed by atoms with Crippen molar-refractivity contribution in [3.8, 4) is 112 Å². The monoisotopic (exact) mass is 1190 g/mol. The Morgan fingerprint density at radius 2 is 0.581 bits per heavy atom. The van der Waals surface area contributed by atoms with Gasteiger partial charge < -0.3 is 9.13 Å². The van der Waals surface area contributed by atoms with Gasteiger partial charge in [-0.3, -0.25) is 4.99 Å². The number of aromatic nitrogens is 5. The summed E-state index contributed by atoms with van der Waals surface area (Å²) in [5.74, 6) is 1.73. The molecule has 3 heterocycles. The Bertz CT molecular complexity index is 5000. The van der Waals surface area contributed by atoms with Crippen molar-refractivity contribution in [2.45, 2.75) is 6.92 Å². The van der Waals surface area contributed by atoms with Gasteiger partial charge >= 0.3 is 0 Å². The summed E-state index contributed by atoms with van der Waals surface area (Å²) >= 11 is 0. The van der Waals surface area contributed by atoms with Gasteiger partial charge in [0, 0.05) is 55.8 Å². The summed E-state index contributed by atoms with van der Waals surface area (Å²) in [5, 5.41) is 4.75. The van der Waals surface area contributed by atoms with Gasteiger partial charge in [0.15, 0.2) is 17.5 Å². The number of rotatable bonds is 14. The Hall–Kier alpha value is -12.4. The number of benzene rings is 13. The van der Waals surface area contributed by atoms with E-state index in [-0.39, 0.29) is 0 Å². The van der Waals surface area contributed by atoms with Crippen molar-refractivity contribution in [2.75, 3.05) is 0 Å². The minimum Gasteiger partial charge on any atom is -0.309 e. The zero-order valence-corrected chi connectivity index (χ0v) is 51.1. The molecule has 13 aromatic carbocycles. The fourth-order valence-electron chi connectivity index (χ4n) is 13.4. The maximum absolute atomic E-state index is 5.35. The topological polar surface area (TPSA) is 60.9 Å². The minimum absolute atomic E-state index is 0.556. The molecule has 0 unspecified atom stereocenters. The fourth-order valence-corrected chi connectivity index (χ4v) is 13.4. The molecule has 16 rings (SSSR count). The van der Waals surface area contributed by atoms with Crippen LogP contribution < -0.4 is 0 Å². The average Bonchev–Trinajstić information content (AvgIpc) is 1.67. The third-order valence-electron chi connectivity index (χ3n) is 17.9. The lowest BCUT2D eigenvalue weighted by Gasteiger charge is -2.20. The molecular formula is C87H60N6. The van der Waals surface area contributed by atoms with Crippen LogP contribution in [0.5, 0.6) is 0 Å². The van der Waals surface area contributed by atoms with Crippen molar-refractivity contribution in [1.82, 2.24) is 24.1 Å². The van der Waals surface area contributed by atoms with Crippen LogP contribution in [0.25, 0.3) is 161 Å². The van der Waals surface area contributed by atoms with Gasteiger partial charge in [0.1, 0.15) is 0 Å². The molecule has 0 N–H and O–H groups in total. The molecule has 0 saturated carbocycles. The zero-order valence-electron chi connectivity index (χ0n) is 51.1. The molecule has 438 valence electrons. The largest absolute Gasteiger partial charge is 0.309 e. The molecule has 0 saturated heterocycles. The molecule has 3 aromatic heterocycles. The first kappa shape index (κ1) is 55.9. The van der Waals surface area contributed by atoms with Gasteiger partial charge in [-0.2, -0.15) is 0 Å². The SMILES string of the molecule is C=N/C=C\C(=C/C)c1c(-c2ccc(-n3c4ccc(-c5ccccc5)cc4c4cc(-c5ccccc5)ccc43)cc2)cc(-c2nc(-c3ccccc3)nc(-c3ccccc3)n2)cc1-c1ccc(-n2c3ccc(-c4ccccc4)cc3c3cc(-c4ccccc4)ccc32)cc1. The second-order valence-corrected chi connectivity index (χ2v) is 23.4. The Labute approximate surface area is 540 Å². The van der Waals surface area contributed by atoms with E-state index in [1.807, 2.05) is 36.4 Å². The minimum atomic E-state index is 0.556. The molecule has 0 aliphatic carbocycles. The van der Waals surface area contributed by atoms with Crippen molar-refractivity contribution < 1.29 is 0 Å². The average molecular weight is 1190 g/mol. The molecule has 6 heteroatoms. The molecule has 16 aromatic rings. The molecule has 93 heavy (non-hydrogen) atoms. The summed E-state index contributed by atoms with van der Waals surface area (Å²) in [6, 6.07) is 113. The predicted molar refractivity (Wildman–Crippen MR) is 390 cm³/mol. The Kier molecular flexibility index (Phi) is 14.5. The molecule has 0 fully saturated rings. The molecule has 0 radical (unpaired) electrons. The summed E-state index contributed by atoms with van der Waals surface area (Å²) < 4.78 is 4.81. The van der Waals surface area contributed by atoms with Gasteiger partial charge in [-0.25, -0.2) is 15.0 Å². The normalized spacial score (nSPS) is 11.8. The van der Waals surface area contributed by atoms with Crippen LogP contribution in [0.1, 0.15) is 12.5 Å². The summed E-state index contributed by atoms with van der Waals surface area (Å²) in [4.78, 5) is 20.1. The van der Waals surface area contributed by atoms with E-state index in [1.54, 1.807) is 6.20 Å². The van der Waals surface area contributed by atoms with Gasteiger partial charge in [-0.05, 0) is 183 Å². The standard InChI is InChI=1S/C87H60N6/c1-3-58(50-51-88-2)84-74(63-34-42-72(43-35-63)92-80-46-38-67(59-22-10-4-11-23-59)52-76(80)77-53-68(39-47-81(77)92)60-24-12-5-13-25-60)56-71(87-90-85(65-30-18-8-19-31-65)89-86(91-87)66-32-20-9-21-33-66)57-75(84)64-36-44-73(45-37-64)93-82-48-40-69(61-26-14-6-15-27-61)54-78(82)79-55-70(41-49-83(79)93)62-28-16-7-17-29-62/h3-57H,2H2,1H3/b51-50-,58-3+. The fraction of sp³-hybridized carbons (Fsp3) is 0.0115. The van der Waals surface area contributed by atoms with E-state index in [2.05, 4.69) is 319 Å². The number of aliphatic imine (C=N–C) groups is 1. The molecule has 0 atom stereocenters. The maximum atomic E-state index is 5.35. The van der Waals surface area contributed by atoms with E-state index >= 15 is 0 Å². The summed E-state index contributed by atoms with van der Waals surface area (Å²) in [5.41, 5.74) is 24.7. The first-order chi connectivity index (χ1) is 46.0. The Morgan fingerprint density at radius 3 is 0.871 bits per heavy atom. The van der Waals surface area contributed by atoms with Crippen LogP contribution >= 0.6 is 0 Å². The summed E-state index contributed by atoms with van der Waals surface area (Å²) in [6.07, 6.45) is 5.99. The smallest absolute Gasteiger partial charge is 0.164 e. The highest BCUT2D eigenvalue weighted by Gasteiger charge is 2.23. The molecule has 6 nitrogen and oxygen atoms in total. The summed E-state index contributed by atoms with van der Waals surface area (Å²) in [6.45, 7) is 5.97. The van der Waals surface area contributed by atoms with Gasteiger partial charge in [-0.1, -0.05) is 237 Å². The van der Waals surface area contributed by atoms with Crippen LogP contribution in [-0.4, -0.2) is 30.8 Å². The number of nitrogens with zero attached hydrogens (tertiary/aromatic N) is 6. The number of hydrogen-bond donors (Lipinski definition) is 0. The zero-order chi connectivity index (χ0) is 62.2. The second-order valence-electron chi connectivity index (χ2n) is 23.4. The van der Waals surface area contributed by atoms with Gasteiger partial charge in [0.05, 0.1) is 22.1 Å². The van der Waals surface area contributed by atoms with E-state index in [4.69, 9.17) is 15.0 Å². The Balaban J connectivity index is 0.897. The first-order valence-electron chi connectivity index (χ1n) is 31.5. The molecular weight excluding hydrogens is 1130 g/mol. The molecule has 0 spiro atoms. The predicted octanol–water partition coefficient (Wildman–Crippen LogP) is 22.7. The highest BCUT2D eigenvalue weighted by atomic mass is 15.0. The molecule has 0 amide bonds. The van der Waals surface area contributed by atoms with Gasteiger partial charge in [0.25, 0.3) is 0 Å². The molecule has 0 aliphatic rings.